The van der Waals surface area contributed by atoms with Crippen LogP contribution in [0.4, 0.5) is 0 Å². The molecule has 0 saturated heterocycles. The van der Waals surface area contributed by atoms with Crippen molar-refractivity contribution in [2.75, 3.05) is 0 Å². The van der Waals surface area contributed by atoms with Gasteiger partial charge in [0.25, 0.3) is 0 Å². The quantitative estimate of drug-likeness (QED) is 0.665. The molecule has 0 amide bonds. The van der Waals surface area contributed by atoms with Gasteiger partial charge in [-0.05, 0) is 43.4 Å². The summed E-state index contributed by atoms with van der Waals surface area (Å²) in [7, 11) is 0. The summed E-state index contributed by atoms with van der Waals surface area (Å²) in [5.74, 6) is 2.93. The minimum absolute atomic E-state index is 0.0657. The highest BCUT2D eigenvalue weighted by Crippen LogP contribution is 2.48. The summed E-state index contributed by atoms with van der Waals surface area (Å²) in [6.45, 7) is 4.24. The third-order valence-corrected chi connectivity index (χ3v) is 4.27. The maximum atomic E-state index is 5.58. The molecule has 1 aromatic rings. The molecule has 0 atom stereocenters. The molecule has 0 radical (unpaired) electrons. The monoisotopic (exact) mass is 248 g/mol. The van der Waals surface area contributed by atoms with Gasteiger partial charge in [-0.2, -0.15) is 0 Å². The number of terminal acetylenes is 1. The van der Waals surface area contributed by atoms with E-state index in [2.05, 4.69) is 47.8 Å². The van der Waals surface area contributed by atoms with Gasteiger partial charge < -0.3 is 0 Å². The van der Waals surface area contributed by atoms with Crippen LogP contribution in [0.15, 0.2) is 16.6 Å². The first-order valence-electron chi connectivity index (χ1n) is 4.84. The van der Waals surface area contributed by atoms with Crippen LogP contribution in [0.25, 0.3) is 0 Å². The lowest BCUT2D eigenvalue weighted by Crippen LogP contribution is -2.03. The first kappa shape index (κ1) is 9.80. The van der Waals surface area contributed by atoms with Crippen molar-refractivity contribution in [3.8, 4) is 12.3 Å². The fourth-order valence-corrected chi connectivity index (χ4v) is 2.09. The van der Waals surface area contributed by atoms with Crippen molar-refractivity contribution in [1.29, 1.82) is 0 Å². The van der Waals surface area contributed by atoms with Crippen LogP contribution in [0.1, 0.15) is 29.5 Å². The minimum Gasteiger partial charge on any atom is -0.119 e. The van der Waals surface area contributed by atoms with Crippen molar-refractivity contribution in [3.05, 3.63) is 33.3 Å². The number of hydrogen-bond acceptors (Lipinski definition) is 0. The van der Waals surface area contributed by atoms with Gasteiger partial charge in [-0.3, -0.25) is 0 Å². The van der Waals surface area contributed by atoms with E-state index in [0.717, 1.165) is 12.8 Å². The lowest BCUT2D eigenvalue weighted by atomic mass is 9.94. The van der Waals surface area contributed by atoms with E-state index in [4.69, 9.17) is 6.42 Å². The molecule has 1 aliphatic carbocycles. The number of hydrogen-bond donors (Lipinski definition) is 0. The van der Waals surface area contributed by atoms with E-state index in [1.54, 1.807) is 0 Å². The Morgan fingerprint density at radius 2 is 1.79 bits per heavy atom. The molecule has 14 heavy (non-hydrogen) atoms. The molecule has 0 heterocycles. The highest BCUT2D eigenvalue weighted by molar-refractivity contribution is 9.10. The fraction of sp³-hybridized carbons (Fsp3) is 0.385. The average molecular weight is 249 g/mol. The summed E-state index contributed by atoms with van der Waals surface area (Å²) in [5, 5.41) is 0. The molecule has 0 aromatic heterocycles. The Morgan fingerprint density at radius 1 is 1.29 bits per heavy atom. The van der Waals surface area contributed by atoms with Crippen molar-refractivity contribution in [2.45, 2.75) is 32.1 Å². The van der Waals surface area contributed by atoms with Gasteiger partial charge in [0, 0.05) is 4.47 Å². The van der Waals surface area contributed by atoms with Gasteiger partial charge in [0.1, 0.15) is 0 Å². The van der Waals surface area contributed by atoms with Gasteiger partial charge in [0.05, 0.1) is 5.41 Å². The van der Waals surface area contributed by atoms with E-state index in [-0.39, 0.29) is 5.41 Å². The molecule has 1 fully saturated rings. The van der Waals surface area contributed by atoms with Gasteiger partial charge in [0.15, 0.2) is 0 Å². The average Bonchev–Trinajstić information content (AvgIpc) is 2.94. The normalized spacial score (nSPS) is 17.6. The molecule has 1 heteroatoms. The van der Waals surface area contributed by atoms with Gasteiger partial charge >= 0.3 is 0 Å². The second kappa shape index (κ2) is 3.14. The first-order chi connectivity index (χ1) is 6.59. The van der Waals surface area contributed by atoms with E-state index in [1.165, 1.54) is 21.2 Å². The summed E-state index contributed by atoms with van der Waals surface area (Å²) in [6, 6.07) is 4.42. The molecule has 2 rings (SSSR count). The highest BCUT2D eigenvalue weighted by atomic mass is 79.9. The highest BCUT2D eigenvalue weighted by Gasteiger charge is 2.42. The molecule has 1 saturated carbocycles. The lowest BCUT2D eigenvalue weighted by Gasteiger charge is -2.12. The van der Waals surface area contributed by atoms with Crippen molar-refractivity contribution < 1.29 is 0 Å². The molecule has 0 nitrogen and oxygen atoms in total. The predicted octanol–water partition coefficient (Wildman–Crippen LogP) is 3.73. The molecule has 0 aliphatic heterocycles. The molecule has 1 aliphatic rings. The predicted molar refractivity (Wildman–Crippen MR) is 63.4 cm³/mol. The van der Waals surface area contributed by atoms with Crippen LogP contribution >= 0.6 is 15.9 Å². The standard InChI is InChI=1S/C13H13Br/c1-4-13(5-6-13)11-7-9(2)12(14)10(3)8-11/h1,7-8H,5-6H2,2-3H3. The third-order valence-electron chi connectivity index (χ3n) is 3.02. The van der Waals surface area contributed by atoms with Crippen molar-refractivity contribution in [2.24, 2.45) is 0 Å². The maximum Gasteiger partial charge on any atom is 0.0561 e. The summed E-state index contributed by atoms with van der Waals surface area (Å²) < 4.78 is 1.20. The number of rotatable bonds is 1. The largest absolute Gasteiger partial charge is 0.119 e. The number of halogens is 1. The molecular weight excluding hydrogens is 236 g/mol. The van der Waals surface area contributed by atoms with Crippen LogP contribution in [0, 0.1) is 26.2 Å². The maximum absolute atomic E-state index is 5.58. The molecule has 1 aromatic carbocycles. The molecule has 0 bridgehead atoms. The Balaban J connectivity index is 2.53. The van der Waals surface area contributed by atoms with Crippen LogP contribution in [-0.2, 0) is 5.41 Å². The number of benzene rings is 1. The van der Waals surface area contributed by atoms with Crippen molar-refractivity contribution in [3.63, 3.8) is 0 Å². The second-order valence-electron chi connectivity index (χ2n) is 4.15. The molecule has 72 valence electrons. The van der Waals surface area contributed by atoms with Crippen LogP contribution in [0.3, 0.4) is 0 Å². The summed E-state index contributed by atoms with van der Waals surface area (Å²) in [4.78, 5) is 0. The minimum atomic E-state index is 0.0657. The zero-order valence-electron chi connectivity index (χ0n) is 8.52. The van der Waals surface area contributed by atoms with Gasteiger partial charge in [-0.1, -0.05) is 34.0 Å². The first-order valence-corrected chi connectivity index (χ1v) is 5.63. The van der Waals surface area contributed by atoms with Crippen LogP contribution in [0.5, 0.6) is 0 Å². The van der Waals surface area contributed by atoms with Crippen molar-refractivity contribution in [1.82, 2.24) is 0 Å². The summed E-state index contributed by atoms with van der Waals surface area (Å²) in [6.07, 6.45) is 7.86. The van der Waals surface area contributed by atoms with Crippen LogP contribution < -0.4 is 0 Å². The van der Waals surface area contributed by atoms with Crippen LogP contribution in [0.2, 0.25) is 0 Å². The SMILES string of the molecule is C#CC1(c2cc(C)c(Br)c(C)c2)CC1. The van der Waals surface area contributed by atoms with E-state index in [1.807, 2.05) is 0 Å². The van der Waals surface area contributed by atoms with Gasteiger partial charge in [-0.25, -0.2) is 0 Å². The van der Waals surface area contributed by atoms with Gasteiger partial charge in [-0.15, -0.1) is 6.42 Å². The summed E-state index contributed by atoms with van der Waals surface area (Å²) in [5.41, 5.74) is 3.94. The van der Waals surface area contributed by atoms with E-state index in [9.17, 15) is 0 Å². The van der Waals surface area contributed by atoms with Gasteiger partial charge in [0.2, 0.25) is 0 Å². The third kappa shape index (κ3) is 1.38. The van der Waals surface area contributed by atoms with Crippen molar-refractivity contribution >= 4 is 15.9 Å². The second-order valence-corrected chi connectivity index (χ2v) is 4.94. The van der Waals surface area contributed by atoms with E-state index in [0.29, 0.717) is 0 Å². The Hall–Kier alpha value is -0.740. The number of aryl methyl sites for hydroxylation is 2. The zero-order valence-corrected chi connectivity index (χ0v) is 10.1. The Labute approximate surface area is 93.8 Å². The molecule has 0 unspecified atom stereocenters. The Bertz CT molecular complexity index is 396. The fourth-order valence-electron chi connectivity index (χ4n) is 1.86. The summed E-state index contributed by atoms with van der Waals surface area (Å²) >= 11 is 3.57. The Kier molecular flexibility index (Phi) is 2.20. The van der Waals surface area contributed by atoms with Crippen LogP contribution in [-0.4, -0.2) is 0 Å². The lowest BCUT2D eigenvalue weighted by molar-refractivity contribution is 0.923. The molecule has 0 spiro atoms. The molecule has 0 N–H and O–H groups in total. The Morgan fingerprint density at radius 3 is 2.14 bits per heavy atom. The topological polar surface area (TPSA) is 0 Å². The smallest absolute Gasteiger partial charge is 0.0561 e. The zero-order chi connectivity index (χ0) is 10.3. The van der Waals surface area contributed by atoms with E-state index < -0.39 is 0 Å². The van der Waals surface area contributed by atoms with E-state index >= 15 is 0 Å². The molecular formula is C13H13Br.